The summed E-state index contributed by atoms with van der Waals surface area (Å²) in [5.74, 6) is 3.22. The van der Waals surface area contributed by atoms with Crippen LogP contribution in [-0.4, -0.2) is 52.1 Å². The lowest BCUT2D eigenvalue weighted by Crippen LogP contribution is -2.22. The predicted molar refractivity (Wildman–Crippen MR) is 142 cm³/mol. The number of aryl methyl sites for hydroxylation is 1. The molecule has 5 aromatic rings. The topological polar surface area (TPSA) is 109 Å². The molecule has 1 N–H and O–H groups in total. The lowest BCUT2D eigenvalue weighted by Gasteiger charge is -2.22. The Bertz CT molecular complexity index is 1650. The van der Waals surface area contributed by atoms with E-state index in [9.17, 15) is 0 Å². The van der Waals surface area contributed by atoms with E-state index < -0.39 is 0 Å². The quantitative estimate of drug-likeness (QED) is 0.342. The first-order valence-electron chi connectivity index (χ1n) is 13.1. The van der Waals surface area contributed by atoms with Crippen LogP contribution in [0.3, 0.4) is 0 Å². The number of pyridine rings is 1. The van der Waals surface area contributed by atoms with Gasteiger partial charge in [-0.1, -0.05) is 20.8 Å². The van der Waals surface area contributed by atoms with Crippen LogP contribution in [0, 0.1) is 0 Å². The zero-order valence-corrected chi connectivity index (χ0v) is 22.0. The number of imidazole rings is 2. The predicted octanol–water partition coefficient (Wildman–Crippen LogP) is 4.88. The second-order valence-corrected chi connectivity index (χ2v) is 11.3. The molecule has 1 aliphatic carbocycles. The van der Waals surface area contributed by atoms with Gasteiger partial charge in [-0.25, -0.2) is 14.5 Å². The second kappa shape index (κ2) is 8.52. The van der Waals surface area contributed by atoms with Crippen LogP contribution in [0.15, 0.2) is 36.9 Å². The number of hydrogen-bond donors (Lipinski definition) is 1. The molecular weight excluding hydrogens is 482 g/mol. The first kappa shape index (κ1) is 23.2. The third kappa shape index (κ3) is 4.07. The van der Waals surface area contributed by atoms with Crippen molar-refractivity contribution in [3.05, 3.63) is 48.3 Å². The number of aromatic nitrogens is 8. The van der Waals surface area contributed by atoms with Gasteiger partial charge in [0.25, 0.3) is 0 Å². The molecule has 0 aromatic carbocycles. The summed E-state index contributed by atoms with van der Waals surface area (Å²) < 4.78 is 17.7. The summed E-state index contributed by atoms with van der Waals surface area (Å²) in [5.41, 5.74) is 4.67. The molecule has 0 unspecified atom stereocenters. The first-order valence-corrected chi connectivity index (χ1v) is 13.1. The van der Waals surface area contributed by atoms with Gasteiger partial charge >= 0.3 is 0 Å². The van der Waals surface area contributed by atoms with Crippen LogP contribution >= 0.6 is 0 Å². The van der Waals surface area contributed by atoms with Gasteiger partial charge in [-0.3, -0.25) is 4.68 Å². The van der Waals surface area contributed by atoms with Crippen molar-refractivity contribution in [2.24, 2.45) is 7.05 Å². The van der Waals surface area contributed by atoms with Crippen LogP contribution < -0.4 is 10.1 Å². The average Bonchev–Trinajstić information content (AvgIpc) is 3.25. The van der Waals surface area contributed by atoms with E-state index in [0.29, 0.717) is 35.6 Å². The monoisotopic (exact) mass is 513 g/mol. The van der Waals surface area contributed by atoms with E-state index in [2.05, 4.69) is 51.9 Å². The van der Waals surface area contributed by atoms with Gasteiger partial charge in [0.2, 0.25) is 5.95 Å². The summed E-state index contributed by atoms with van der Waals surface area (Å²) in [5, 5.41) is 12.8. The Morgan fingerprint density at radius 3 is 2.61 bits per heavy atom. The van der Waals surface area contributed by atoms with Crippen LogP contribution in [0.25, 0.3) is 16.7 Å². The highest BCUT2D eigenvalue weighted by atomic mass is 16.5. The van der Waals surface area contributed by atoms with E-state index >= 15 is 0 Å². The van der Waals surface area contributed by atoms with Crippen molar-refractivity contribution in [2.75, 3.05) is 18.5 Å². The van der Waals surface area contributed by atoms with Crippen molar-refractivity contribution in [3.63, 3.8) is 0 Å². The molecular formula is C27H31N9O2. The zero-order valence-electron chi connectivity index (χ0n) is 22.0. The standard InChI is InChI=1S/C27H31N9O2/c1-27(2,3)22-11-23(33-36(22)17-7-8-37-14-17)31-26-32-25-21(34(26)4)10-18(12-28-25)38-19-9-20-24(16-5-6-16)29-15-35(20)30-13-19/h9-13,15-17H,5-8,14H2,1-4H3,(H,28,31,32,33)/t17-/m0/s1. The third-order valence-corrected chi connectivity index (χ3v) is 7.31. The molecule has 11 nitrogen and oxygen atoms in total. The third-order valence-electron chi connectivity index (χ3n) is 7.31. The minimum atomic E-state index is -0.0517. The molecule has 6 heterocycles. The zero-order chi connectivity index (χ0) is 26.0. The number of fused-ring (bicyclic) bond motifs is 2. The van der Waals surface area contributed by atoms with E-state index in [1.165, 1.54) is 12.8 Å². The fraction of sp³-hybridized carbons (Fsp3) is 0.444. The van der Waals surface area contributed by atoms with Crippen molar-refractivity contribution in [3.8, 4) is 11.5 Å². The molecule has 0 bridgehead atoms. The van der Waals surface area contributed by atoms with Crippen LogP contribution in [0.1, 0.15) is 63.4 Å². The van der Waals surface area contributed by atoms with E-state index in [4.69, 9.17) is 19.6 Å². The highest BCUT2D eigenvalue weighted by molar-refractivity contribution is 5.77. The molecule has 2 fully saturated rings. The van der Waals surface area contributed by atoms with E-state index in [-0.39, 0.29) is 11.5 Å². The van der Waals surface area contributed by atoms with Crippen LogP contribution in [0.5, 0.6) is 11.5 Å². The lowest BCUT2D eigenvalue weighted by atomic mass is 9.91. The van der Waals surface area contributed by atoms with Gasteiger partial charge in [-0.05, 0) is 19.3 Å². The van der Waals surface area contributed by atoms with Gasteiger partial charge in [-0.2, -0.15) is 15.2 Å². The molecule has 2 aliphatic rings. The Kier molecular flexibility index (Phi) is 5.19. The Hall–Kier alpha value is -3.99. The summed E-state index contributed by atoms with van der Waals surface area (Å²) in [6.07, 6.45) is 8.48. The van der Waals surface area contributed by atoms with Crippen molar-refractivity contribution < 1.29 is 9.47 Å². The molecule has 1 saturated carbocycles. The first-order chi connectivity index (χ1) is 18.3. The van der Waals surface area contributed by atoms with Gasteiger partial charge in [0.05, 0.1) is 41.8 Å². The largest absolute Gasteiger partial charge is 0.454 e. The van der Waals surface area contributed by atoms with Crippen LogP contribution in [0.2, 0.25) is 0 Å². The smallest absolute Gasteiger partial charge is 0.210 e. The van der Waals surface area contributed by atoms with Gasteiger partial charge in [0.15, 0.2) is 11.5 Å². The lowest BCUT2D eigenvalue weighted by molar-refractivity contribution is 0.183. The van der Waals surface area contributed by atoms with E-state index in [0.717, 1.165) is 41.3 Å². The summed E-state index contributed by atoms with van der Waals surface area (Å²) in [4.78, 5) is 13.8. The maximum atomic E-state index is 6.16. The summed E-state index contributed by atoms with van der Waals surface area (Å²) in [6.45, 7) is 8.06. The average molecular weight is 514 g/mol. The Balaban J connectivity index is 1.16. The van der Waals surface area contributed by atoms with Crippen LogP contribution in [0.4, 0.5) is 11.8 Å². The molecule has 0 spiro atoms. The SMILES string of the molecule is Cn1c(Nc2cc(C(C)(C)C)n([C@H]3CCOC3)n2)nc2ncc(Oc3cnn4cnc(C5CC5)c4c3)cc21. The number of ether oxygens (including phenoxy) is 2. The van der Waals surface area contributed by atoms with E-state index in [1.54, 1.807) is 23.2 Å². The van der Waals surface area contributed by atoms with Gasteiger partial charge < -0.3 is 19.4 Å². The number of anilines is 2. The maximum Gasteiger partial charge on any atom is 0.210 e. The molecule has 11 heteroatoms. The number of nitrogens with one attached hydrogen (secondary N) is 1. The van der Waals surface area contributed by atoms with Crippen molar-refractivity contribution in [2.45, 2.75) is 57.4 Å². The number of rotatable bonds is 6. The van der Waals surface area contributed by atoms with Crippen molar-refractivity contribution in [1.82, 2.24) is 38.9 Å². The van der Waals surface area contributed by atoms with Crippen LogP contribution in [-0.2, 0) is 17.2 Å². The Morgan fingerprint density at radius 1 is 1.03 bits per heavy atom. The van der Waals surface area contributed by atoms with Gasteiger partial charge in [0.1, 0.15) is 17.8 Å². The molecule has 0 radical (unpaired) electrons. The van der Waals surface area contributed by atoms with Crippen molar-refractivity contribution in [1.29, 1.82) is 0 Å². The molecule has 7 rings (SSSR count). The molecule has 38 heavy (non-hydrogen) atoms. The summed E-state index contributed by atoms with van der Waals surface area (Å²) in [7, 11) is 1.96. The number of nitrogens with zero attached hydrogens (tertiary/aromatic N) is 8. The van der Waals surface area contributed by atoms with E-state index in [1.807, 2.05) is 23.7 Å². The fourth-order valence-electron chi connectivity index (χ4n) is 5.09. The molecule has 5 aromatic heterocycles. The molecule has 1 aliphatic heterocycles. The fourth-order valence-corrected chi connectivity index (χ4v) is 5.09. The van der Waals surface area contributed by atoms with Crippen molar-refractivity contribution >= 4 is 28.4 Å². The second-order valence-electron chi connectivity index (χ2n) is 11.3. The normalized spacial score (nSPS) is 18.1. The minimum absolute atomic E-state index is 0.0517. The highest BCUT2D eigenvalue weighted by Gasteiger charge is 2.29. The van der Waals surface area contributed by atoms with Gasteiger partial charge in [-0.15, -0.1) is 0 Å². The molecule has 1 saturated heterocycles. The highest BCUT2D eigenvalue weighted by Crippen LogP contribution is 2.41. The Morgan fingerprint density at radius 2 is 1.84 bits per heavy atom. The molecule has 0 amide bonds. The number of hydrogen-bond acceptors (Lipinski definition) is 8. The Labute approximate surface area is 219 Å². The summed E-state index contributed by atoms with van der Waals surface area (Å²) >= 11 is 0. The maximum absolute atomic E-state index is 6.16. The molecule has 196 valence electrons. The summed E-state index contributed by atoms with van der Waals surface area (Å²) in [6, 6.07) is 6.29. The van der Waals surface area contributed by atoms with Gasteiger partial charge in [0, 0.05) is 48.9 Å². The minimum Gasteiger partial charge on any atom is -0.454 e. The molecule has 1 atom stereocenters.